The molecule has 1 aromatic rings. The van der Waals surface area contributed by atoms with Crippen molar-refractivity contribution in [3.63, 3.8) is 0 Å². The highest BCUT2D eigenvalue weighted by Crippen LogP contribution is 2.11. The van der Waals surface area contributed by atoms with Crippen LogP contribution in [0.15, 0.2) is 30.3 Å². The minimum absolute atomic E-state index is 0. The second kappa shape index (κ2) is 6.73. The normalized spacial score (nSPS) is 15.1. The molecular formula is C12H18IN3. The lowest BCUT2D eigenvalue weighted by Crippen LogP contribution is -2.39. The zero-order chi connectivity index (χ0) is 10.5. The third-order valence-corrected chi connectivity index (χ3v) is 2.71. The van der Waals surface area contributed by atoms with E-state index in [0.29, 0.717) is 5.96 Å². The van der Waals surface area contributed by atoms with Crippen LogP contribution in [-0.4, -0.2) is 23.9 Å². The number of piperidine rings is 1. The predicted molar refractivity (Wildman–Crippen MR) is 78.6 cm³/mol. The molecule has 1 aliphatic heterocycles. The summed E-state index contributed by atoms with van der Waals surface area (Å²) in [6, 6.07) is 9.91. The largest absolute Gasteiger partial charge is 0.343 e. The van der Waals surface area contributed by atoms with Gasteiger partial charge < -0.3 is 10.2 Å². The van der Waals surface area contributed by atoms with Gasteiger partial charge in [0.25, 0.3) is 0 Å². The minimum Gasteiger partial charge on any atom is -0.343 e. The molecule has 1 saturated heterocycles. The van der Waals surface area contributed by atoms with Crippen LogP contribution in [-0.2, 0) is 0 Å². The molecular weight excluding hydrogens is 313 g/mol. The van der Waals surface area contributed by atoms with Crippen molar-refractivity contribution < 1.29 is 0 Å². The van der Waals surface area contributed by atoms with E-state index in [9.17, 15) is 0 Å². The molecule has 0 bridgehead atoms. The van der Waals surface area contributed by atoms with Crippen molar-refractivity contribution in [1.82, 2.24) is 4.90 Å². The molecule has 0 aliphatic carbocycles. The average molecular weight is 331 g/mol. The van der Waals surface area contributed by atoms with Gasteiger partial charge in [0.2, 0.25) is 0 Å². The number of para-hydroxylation sites is 1. The summed E-state index contributed by atoms with van der Waals surface area (Å²) in [4.78, 5) is 2.11. The fourth-order valence-electron chi connectivity index (χ4n) is 1.85. The monoisotopic (exact) mass is 331 g/mol. The first kappa shape index (κ1) is 13.3. The molecule has 1 aliphatic rings. The second-order valence-electron chi connectivity index (χ2n) is 3.89. The van der Waals surface area contributed by atoms with Crippen molar-refractivity contribution in [2.45, 2.75) is 19.3 Å². The molecule has 2 rings (SSSR count). The van der Waals surface area contributed by atoms with Crippen LogP contribution >= 0.6 is 24.0 Å². The summed E-state index contributed by atoms with van der Waals surface area (Å²) in [6.45, 7) is 2.03. The summed E-state index contributed by atoms with van der Waals surface area (Å²) >= 11 is 0. The average Bonchev–Trinajstić information content (AvgIpc) is 2.31. The zero-order valence-electron chi connectivity index (χ0n) is 9.28. The maximum absolute atomic E-state index is 7.94. The van der Waals surface area contributed by atoms with Crippen LogP contribution < -0.4 is 5.32 Å². The summed E-state index contributed by atoms with van der Waals surface area (Å²) < 4.78 is 0. The highest BCUT2D eigenvalue weighted by atomic mass is 127. The first-order chi connectivity index (χ1) is 7.36. The molecule has 0 saturated carbocycles. The summed E-state index contributed by atoms with van der Waals surface area (Å²) in [6.07, 6.45) is 3.72. The van der Waals surface area contributed by atoms with Crippen molar-refractivity contribution in [3.8, 4) is 0 Å². The molecule has 1 heterocycles. The topological polar surface area (TPSA) is 39.1 Å². The Kier molecular flexibility index (Phi) is 5.59. The Bertz CT molecular complexity index is 320. The molecule has 0 spiro atoms. The van der Waals surface area contributed by atoms with Gasteiger partial charge in [-0.2, -0.15) is 0 Å². The fraction of sp³-hybridized carbons (Fsp3) is 0.417. The van der Waals surface area contributed by atoms with Crippen LogP contribution in [0.3, 0.4) is 0 Å². The smallest absolute Gasteiger partial charge is 0.195 e. The number of anilines is 1. The molecule has 4 heteroatoms. The number of guanidine groups is 1. The van der Waals surface area contributed by atoms with Gasteiger partial charge in [0.05, 0.1) is 0 Å². The fourth-order valence-corrected chi connectivity index (χ4v) is 1.85. The van der Waals surface area contributed by atoms with E-state index >= 15 is 0 Å². The third-order valence-electron chi connectivity index (χ3n) is 2.71. The van der Waals surface area contributed by atoms with Crippen molar-refractivity contribution >= 4 is 35.6 Å². The Morgan fingerprint density at radius 2 is 1.69 bits per heavy atom. The number of nitrogens with zero attached hydrogens (tertiary/aromatic N) is 1. The van der Waals surface area contributed by atoms with Gasteiger partial charge in [-0.25, -0.2) is 0 Å². The summed E-state index contributed by atoms with van der Waals surface area (Å²) in [5.41, 5.74) is 0.994. The summed E-state index contributed by atoms with van der Waals surface area (Å²) in [5.74, 6) is 0.529. The number of likely N-dealkylation sites (tertiary alicyclic amines) is 1. The maximum atomic E-state index is 7.94. The van der Waals surface area contributed by atoms with E-state index in [1.54, 1.807) is 0 Å². The molecule has 3 nitrogen and oxygen atoms in total. The van der Waals surface area contributed by atoms with Crippen LogP contribution in [0.4, 0.5) is 5.69 Å². The lowest BCUT2D eigenvalue weighted by molar-refractivity contribution is 0.340. The van der Waals surface area contributed by atoms with E-state index in [-0.39, 0.29) is 24.0 Å². The Morgan fingerprint density at radius 1 is 1.06 bits per heavy atom. The zero-order valence-corrected chi connectivity index (χ0v) is 11.6. The Hall–Kier alpha value is -0.780. The molecule has 2 N–H and O–H groups in total. The van der Waals surface area contributed by atoms with E-state index < -0.39 is 0 Å². The van der Waals surface area contributed by atoms with E-state index in [1.165, 1.54) is 19.3 Å². The van der Waals surface area contributed by atoms with Crippen molar-refractivity contribution in [2.75, 3.05) is 18.4 Å². The summed E-state index contributed by atoms with van der Waals surface area (Å²) in [7, 11) is 0. The summed E-state index contributed by atoms with van der Waals surface area (Å²) in [5, 5.41) is 11.1. The molecule has 0 aromatic heterocycles. The van der Waals surface area contributed by atoms with Crippen molar-refractivity contribution in [2.24, 2.45) is 0 Å². The van der Waals surface area contributed by atoms with Crippen molar-refractivity contribution in [1.29, 1.82) is 5.41 Å². The molecule has 16 heavy (non-hydrogen) atoms. The quantitative estimate of drug-likeness (QED) is 0.471. The van der Waals surface area contributed by atoms with Crippen molar-refractivity contribution in [3.05, 3.63) is 30.3 Å². The van der Waals surface area contributed by atoms with Gasteiger partial charge in [-0.3, -0.25) is 5.41 Å². The van der Waals surface area contributed by atoms with E-state index in [0.717, 1.165) is 18.8 Å². The highest BCUT2D eigenvalue weighted by molar-refractivity contribution is 14.0. The molecule has 0 unspecified atom stereocenters. The van der Waals surface area contributed by atoms with Gasteiger partial charge in [0.15, 0.2) is 5.96 Å². The van der Waals surface area contributed by atoms with Crippen LogP contribution in [0.5, 0.6) is 0 Å². The van der Waals surface area contributed by atoms with Gasteiger partial charge >= 0.3 is 0 Å². The van der Waals surface area contributed by atoms with Gasteiger partial charge in [0, 0.05) is 18.8 Å². The highest BCUT2D eigenvalue weighted by Gasteiger charge is 2.12. The van der Waals surface area contributed by atoms with E-state index in [1.807, 2.05) is 30.3 Å². The molecule has 1 aromatic carbocycles. The van der Waals surface area contributed by atoms with E-state index in [2.05, 4.69) is 10.2 Å². The minimum atomic E-state index is 0. The van der Waals surface area contributed by atoms with Crippen LogP contribution in [0.25, 0.3) is 0 Å². The standard InChI is InChI=1S/C12H17N3.HI/c13-12(15-9-5-2-6-10-15)14-11-7-3-1-4-8-11;/h1,3-4,7-8H,2,5-6,9-10H2,(H2,13,14);1H. The Morgan fingerprint density at radius 3 is 2.31 bits per heavy atom. The molecule has 1 fully saturated rings. The van der Waals surface area contributed by atoms with Crippen LogP contribution in [0.2, 0.25) is 0 Å². The van der Waals surface area contributed by atoms with Gasteiger partial charge in [-0.05, 0) is 31.4 Å². The SMILES string of the molecule is I.N=C(Nc1ccccc1)N1CCCCC1. The van der Waals surface area contributed by atoms with Gasteiger partial charge in [-0.1, -0.05) is 18.2 Å². The molecule has 88 valence electrons. The van der Waals surface area contributed by atoms with Gasteiger partial charge in [0.1, 0.15) is 0 Å². The number of benzene rings is 1. The predicted octanol–water partition coefficient (Wildman–Crippen LogP) is 3.14. The first-order valence-corrected chi connectivity index (χ1v) is 5.52. The molecule has 0 amide bonds. The van der Waals surface area contributed by atoms with E-state index in [4.69, 9.17) is 5.41 Å². The number of rotatable bonds is 1. The second-order valence-corrected chi connectivity index (χ2v) is 3.89. The van der Waals surface area contributed by atoms with Crippen LogP contribution in [0, 0.1) is 5.41 Å². The van der Waals surface area contributed by atoms with Gasteiger partial charge in [-0.15, -0.1) is 24.0 Å². The lowest BCUT2D eigenvalue weighted by Gasteiger charge is -2.29. The Balaban J connectivity index is 0.00000128. The third kappa shape index (κ3) is 3.66. The number of hydrogen-bond donors (Lipinski definition) is 2. The number of hydrogen-bond acceptors (Lipinski definition) is 1. The maximum Gasteiger partial charge on any atom is 0.195 e. The lowest BCUT2D eigenvalue weighted by atomic mass is 10.1. The Labute approximate surface area is 114 Å². The number of halogens is 1. The van der Waals surface area contributed by atoms with Crippen LogP contribution in [0.1, 0.15) is 19.3 Å². The number of nitrogens with one attached hydrogen (secondary N) is 2. The molecule has 0 radical (unpaired) electrons. The molecule has 0 atom stereocenters. The first-order valence-electron chi connectivity index (χ1n) is 5.52.